The van der Waals surface area contributed by atoms with Crippen LogP contribution >= 0.6 is 23.2 Å². The van der Waals surface area contributed by atoms with Gasteiger partial charge in [0.2, 0.25) is 0 Å². The fraction of sp³-hybridized carbons (Fsp3) is 0.571. The molecule has 1 amide bonds. The standard InChI is InChI=1S/C14H19Cl2N3O2/c1-14(2,3)21-13(20)19-6-4-18(5-7-19)10-8-11(15)17-12(16)9-10/h8-9H,4-7H2,1-3H3. The molecule has 116 valence electrons. The lowest BCUT2D eigenvalue weighted by molar-refractivity contribution is 0.0240. The van der Waals surface area contributed by atoms with E-state index >= 15 is 0 Å². The largest absolute Gasteiger partial charge is 0.444 e. The van der Waals surface area contributed by atoms with Gasteiger partial charge in [-0.15, -0.1) is 0 Å². The fourth-order valence-electron chi connectivity index (χ4n) is 2.11. The number of rotatable bonds is 1. The fourth-order valence-corrected chi connectivity index (χ4v) is 2.56. The zero-order chi connectivity index (χ0) is 15.6. The molecular formula is C14H19Cl2N3O2. The van der Waals surface area contributed by atoms with Crippen molar-refractivity contribution in [2.24, 2.45) is 0 Å². The minimum atomic E-state index is -0.472. The van der Waals surface area contributed by atoms with Crippen molar-refractivity contribution in [3.63, 3.8) is 0 Å². The monoisotopic (exact) mass is 331 g/mol. The molecule has 0 atom stereocenters. The van der Waals surface area contributed by atoms with E-state index in [0.717, 1.165) is 5.69 Å². The summed E-state index contributed by atoms with van der Waals surface area (Å²) < 4.78 is 5.37. The lowest BCUT2D eigenvalue weighted by atomic mass is 10.2. The molecule has 5 nitrogen and oxygen atoms in total. The quantitative estimate of drug-likeness (QED) is 0.739. The van der Waals surface area contributed by atoms with Crippen LogP contribution in [0.3, 0.4) is 0 Å². The van der Waals surface area contributed by atoms with Crippen LogP contribution in [0, 0.1) is 0 Å². The van der Waals surface area contributed by atoms with Gasteiger partial charge < -0.3 is 14.5 Å². The summed E-state index contributed by atoms with van der Waals surface area (Å²) in [5.74, 6) is 0. The van der Waals surface area contributed by atoms with Gasteiger partial charge in [-0.05, 0) is 32.9 Å². The molecule has 1 aromatic heterocycles. The van der Waals surface area contributed by atoms with Crippen molar-refractivity contribution in [3.05, 3.63) is 22.4 Å². The Morgan fingerprint density at radius 2 is 1.67 bits per heavy atom. The van der Waals surface area contributed by atoms with Crippen LogP contribution in [-0.4, -0.2) is 47.8 Å². The molecule has 0 bridgehead atoms. The molecule has 7 heteroatoms. The van der Waals surface area contributed by atoms with Gasteiger partial charge in [0.1, 0.15) is 15.9 Å². The van der Waals surface area contributed by atoms with Crippen LogP contribution in [0.2, 0.25) is 10.3 Å². The van der Waals surface area contributed by atoms with E-state index < -0.39 is 5.60 Å². The molecule has 1 fully saturated rings. The van der Waals surface area contributed by atoms with Gasteiger partial charge in [0.05, 0.1) is 0 Å². The lowest BCUT2D eigenvalue weighted by Gasteiger charge is -2.36. The smallest absolute Gasteiger partial charge is 0.410 e. The lowest BCUT2D eigenvalue weighted by Crippen LogP contribution is -2.50. The van der Waals surface area contributed by atoms with Crippen LogP contribution in [-0.2, 0) is 4.74 Å². The van der Waals surface area contributed by atoms with E-state index in [2.05, 4.69) is 9.88 Å². The number of hydrogen-bond acceptors (Lipinski definition) is 4. The number of carbonyl (C=O) groups excluding carboxylic acids is 1. The molecule has 0 N–H and O–H groups in total. The van der Waals surface area contributed by atoms with Gasteiger partial charge in [-0.2, -0.15) is 0 Å². The van der Waals surface area contributed by atoms with Crippen LogP contribution < -0.4 is 4.90 Å². The molecule has 0 saturated carbocycles. The van der Waals surface area contributed by atoms with Gasteiger partial charge in [0, 0.05) is 31.9 Å². The van der Waals surface area contributed by atoms with Crippen molar-refractivity contribution >= 4 is 35.0 Å². The highest BCUT2D eigenvalue weighted by atomic mass is 35.5. The molecule has 0 aliphatic carbocycles. The third-order valence-corrected chi connectivity index (χ3v) is 3.43. The van der Waals surface area contributed by atoms with Crippen LogP contribution in [0.15, 0.2) is 12.1 Å². The van der Waals surface area contributed by atoms with Gasteiger partial charge in [0.15, 0.2) is 0 Å². The van der Waals surface area contributed by atoms with Gasteiger partial charge in [0.25, 0.3) is 0 Å². The third-order valence-electron chi connectivity index (χ3n) is 3.04. The van der Waals surface area contributed by atoms with Crippen LogP contribution in [0.4, 0.5) is 10.5 Å². The summed E-state index contributed by atoms with van der Waals surface area (Å²) in [6, 6.07) is 3.55. The Hall–Kier alpha value is -1.20. The Bertz CT molecular complexity index is 503. The van der Waals surface area contributed by atoms with Crippen molar-refractivity contribution in [1.29, 1.82) is 0 Å². The molecule has 0 aromatic carbocycles. The summed E-state index contributed by atoms with van der Waals surface area (Å²) in [5, 5.41) is 0.735. The van der Waals surface area contributed by atoms with Crippen molar-refractivity contribution in [3.8, 4) is 0 Å². The number of carbonyl (C=O) groups is 1. The Kier molecular flexibility index (Phi) is 4.84. The van der Waals surface area contributed by atoms with E-state index in [-0.39, 0.29) is 6.09 Å². The third kappa shape index (κ3) is 4.64. The summed E-state index contributed by atoms with van der Waals surface area (Å²) in [5.41, 5.74) is 0.448. The second kappa shape index (κ2) is 6.28. The molecule has 1 aromatic rings. The molecule has 1 saturated heterocycles. The minimum absolute atomic E-state index is 0.270. The summed E-state index contributed by atoms with van der Waals surface area (Å²) in [6.45, 7) is 8.21. The Morgan fingerprint density at radius 3 is 2.14 bits per heavy atom. The first-order valence-electron chi connectivity index (χ1n) is 6.80. The van der Waals surface area contributed by atoms with Gasteiger partial charge in [-0.25, -0.2) is 9.78 Å². The number of amides is 1. The number of nitrogens with zero attached hydrogens (tertiary/aromatic N) is 3. The molecule has 0 unspecified atom stereocenters. The molecule has 2 rings (SSSR count). The zero-order valence-electron chi connectivity index (χ0n) is 12.4. The summed E-state index contributed by atoms with van der Waals surface area (Å²) in [4.78, 5) is 19.8. The molecule has 1 aliphatic heterocycles. The molecule has 2 heterocycles. The van der Waals surface area contributed by atoms with E-state index in [4.69, 9.17) is 27.9 Å². The van der Waals surface area contributed by atoms with Crippen molar-refractivity contribution < 1.29 is 9.53 Å². The molecule has 0 spiro atoms. The highest BCUT2D eigenvalue weighted by Gasteiger charge is 2.26. The zero-order valence-corrected chi connectivity index (χ0v) is 13.9. The van der Waals surface area contributed by atoms with Crippen LogP contribution in [0.1, 0.15) is 20.8 Å². The Balaban J connectivity index is 1.95. The van der Waals surface area contributed by atoms with E-state index in [1.54, 1.807) is 17.0 Å². The number of pyridine rings is 1. The topological polar surface area (TPSA) is 45.7 Å². The maximum atomic E-state index is 12.0. The van der Waals surface area contributed by atoms with Crippen molar-refractivity contribution in [2.75, 3.05) is 31.1 Å². The first kappa shape index (κ1) is 16.2. The Morgan fingerprint density at radius 1 is 1.14 bits per heavy atom. The summed E-state index contributed by atoms with van der Waals surface area (Å²) in [6.07, 6.45) is -0.270. The normalized spacial score (nSPS) is 16.0. The average Bonchev–Trinajstić information content (AvgIpc) is 2.35. The predicted molar refractivity (Wildman–Crippen MR) is 84.3 cm³/mol. The van der Waals surface area contributed by atoms with Crippen molar-refractivity contribution in [2.45, 2.75) is 26.4 Å². The summed E-state index contributed by atoms with van der Waals surface area (Å²) in [7, 11) is 0. The molecular weight excluding hydrogens is 313 g/mol. The van der Waals surface area contributed by atoms with Crippen molar-refractivity contribution in [1.82, 2.24) is 9.88 Å². The van der Waals surface area contributed by atoms with Gasteiger partial charge in [-0.1, -0.05) is 23.2 Å². The molecule has 21 heavy (non-hydrogen) atoms. The van der Waals surface area contributed by atoms with Gasteiger partial charge >= 0.3 is 6.09 Å². The van der Waals surface area contributed by atoms with Crippen LogP contribution in [0.5, 0.6) is 0 Å². The van der Waals surface area contributed by atoms with E-state index in [9.17, 15) is 4.79 Å². The predicted octanol–water partition coefficient (Wildman–Crippen LogP) is 3.45. The highest BCUT2D eigenvalue weighted by molar-refractivity contribution is 6.32. The average molecular weight is 332 g/mol. The maximum Gasteiger partial charge on any atom is 0.410 e. The van der Waals surface area contributed by atoms with E-state index in [1.807, 2.05) is 20.8 Å². The number of piperazine rings is 1. The molecule has 0 radical (unpaired) electrons. The van der Waals surface area contributed by atoms with E-state index in [1.165, 1.54) is 0 Å². The number of aromatic nitrogens is 1. The summed E-state index contributed by atoms with van der Waals surface area (Å²) >= 11 is 11.8. The highest BCUT2D eigenvalue weighted by Crippen LogP contribution is 2.23. The van der Waals surface area contributed by atoms with Gasteiger partial charge in [-0.3, -0.25) is 0 Å². The number of hydrogen-bond donors (Lipinski definition) is 0. The number of halogens is 2. The second-order valence-electron chi connectivity index (χ2n) is 5.93. The first-order chi connectivity index (χ1) is 9.74. The SMILES string of the molecule is CC(C)(C)OC(=O)N1CCN(c2cc(Cl)nc(Cl)c2)CC1. The first-order valence-corrected chi connectivity index (χ1v) is 7.56. The molecule has 1 aliphatic rings. The minimum Gasteiger partial charge on any atom is -0.444 e. The second-order valence-corrected chi connectivity index (χ2v) is 6.70. The van der Waals surface area contributed by atoms with E-state index in [0.29, 0.717) is 36.5 Å². The maximum absolute atomic E-state index is 12.0. The Labute approximate surface area is 134 Å². The van der Waals surface area contributed by atoms with Crippen LogP contribution in [0.25, 0.3) is 0 Å². The number of ether oxygens (including phenoxy) is 1. The number of anilines is 1.